The number of nitrogens with zero attached hydrogens (tertiary/aromatic N) is 2. The highest BCUT2D eigenvalue weighted by Crippen LogP contribution is 2.13. The van der Waals surface area contributed by atoms with Gasteiger partial charge in [0.2, 0.25) is 0 Å². The van der Waals surface area contributed by atoms with Gasteiger partial charge < -0.3 is 0 Å². The Bertz CT molecular complexity index is 218. The van der Waals surface area contributed by atoms with Crippen molar-refractivity contribution in [3.05, 3.63) is 0 Å². The summed E-state index contributed by atoms with van der Waals surface area (Å²) in [5.41, 5.74) is 0. The number of hydrogen-bond acceptors (Lipinski definition) is 2. The van der Waals surface area contributed by atoms with E-state index in [9.17, 15) is 0 Å². The first-order valence-corrected chi connectivity index (χ1v) is 9.74. The third-order valence-electron chi connectivity index (χ3n) is 4.82. The van der Waals surface area contributed by atoms with Crippen LogP contribution in [-0.4, -0.2) is 43.2 Å². The minimum atomic E-state index is 1.19. The molecule has 0 atom stereocenters. The fourth-order valence-electron chi connectivity index (χ4n) is 3.33. The molecule has 2 heteroatoms. The summed E-state index contributed by atoms with van der Waals surface area (Å²) < 4.78 is 0. The lowest BCUT2D eigenvalue weighted by Gasteiger charge is -2.14. The van der Waals surface area contributed by atoms with Crippen LogP contribution in [0.4, 0.5) is 0 Å². The highest BCUT2D eigenvalue weighted by atomic mass is 15.4. The molecule has 21 heavy (non-hydrogen) atoms. The third-order valence-corrected chi connectivity index (χ3v) is 4.82. The minimum Gasteiger partial charge on any atom is -0.292 e. The van der Waals surface area contributed by atoms with Crippen molar-refractivity contribution in [3.63, 3.8) is 0 Å². The van der Waals surface area contributed by atoms with Crippen molar-refractivity contribution >= 4 is 0 Å². The zero-order valence-corrected chi connectivity index (χ0v) is 14.9. The Labute approximate surface area is 134 Å². The van der Waals surface area contributed by atoms with Crippen LogP contribution in [0.3, 0.4) is 0 Å². The van der Waals surface area contributed by atoms with Gasteiger partial charge in [0.25, 0.3) is 0 Å². The molecule has 1 rings (SSSR count). The molecule has 1 fully saturated rings. The largest absolute Gasteiger partial charge is 0.292 e. The fourth-order valence-corrected chi connectivity index (χ4v) is 3.33. The monoisotopic (exact) mass is 296 g/mol. The van der Waals surface area contributed by atoms with Gasteiger partial charge in [-0.3, -0.25) is 9.80 Å². The van der Waals surface area contributed by atoms with E-state index < -0.39 is 0 Å². The molecular weight excluding hydrogens is 256 g/mol. The number of hydrogen-bond donors (Lipinski definition) is 0. The van der Waals surface area contributed by atoms with Crippen LogP contribution in [0.2, 0.25) is 0 Å². The Morgan fingerprint density at radius 2 is 1.10 bits per heavy atom. The number of unbranched alkanes of at least 4 members (excludes halogenated alkanes) is 12. The summed E-state index contributed by atoms with van der Waals surface area (Å²) in [4.78, 5) is 5.01. The summed E-state index contributed by atoms with van der Waals surface area (Å²) in [5, 5.41) is 0. The standard InChI is InChI=1S/C19H40N2/c1-3-4-5-6-7-8-9-10-11-12-13-14-15-16-21-18-17-20(2)19-21/h3-19H2,1-2H3. The second-order valence-corrected chi connectivity index (χ2v) is 7.08. The summed E-state index contributed by atoms with van der Waals surface area (Å²) in [7, 11) is 2.23. The predicted molar refractivity (Wildman–Crippen MR) is 94.8 cm³/mol. The lowest BCUT2D eigenvalue weighted by Crippen LogP contribution is -2.24. The van der Waals surface area contributed by atoms with E-state index in [2.05, 4.69) is 23.8 Å². The van der Waals surface area contributed by atoms with Crippen LogP contribution >= 0.6 is 0 Å². The first-order chi connectivity index (χ1) is 10.3. The van der Waals surface area contributed by atoms with E-state index in [1.807, 2.05) is 0 Å². The molecule has 1 aliphatic rings. The van der Waals surface area contributed by atoms with Crippen molar-refractivity contribution in [1.82, 2.24) is 9.80 Å². The van der Waals surface area contributed by atoms with E-state index in [-0.39, 0.29) is 0 Å². The van der Waals surface area contributed by atoms with Gasteiger partial charge in [-0.15, -0.1) is 0 Å². The Hall–Kier alpha value is -0.0800. The van der Waals surface area contributed by atoms with Gasteiger partial charge in [0, 0.05) is 13.1 Å². The maximum Gasteiger partial charge on any atom is 0.0504 e. The SMILES string of the molecule is CCCCCCCCCCCCCCCN1CCN(C)C1. The topological polar surface area (TPSA) is 6.48 Å². The molecule has 1 heterocycles. The van der Waals surface area contributed by atoms with E-state index in [1.54, 1.807) is 0 Å². The molecule has 2 nitrogen and oxygen atoms in total. The number of likely N-dealkylation sites (N-methyl/N-ethyl adjacent to an activating group) is 1. The van der Waals surface area contributed by atoms with Gasteiger partial charge >= 0.3 is 0 Å². The summed E-state index contributed by atoms with van der Waals surface area (Å²) in [6.07, 6.45) is 18.9. The first-order valence-electron chi connectivity index (χ1n) is 9.74. The molecule has 1 aliphatic heterocycles. The highest BCUT2D eigenvalue weighted by Gasteiger charge is 2.14. The maximum absolute atomic E-state index is 2.60. The van der Waals surface area contributed by atoms with Gasteiger partial charge in [0.15, 0.2) is 0 Å². The smallest absolute Gasteiger partial charge is 0.0504 e. The van der Waals surface area contributed by atoms with Crippen LogP contribution in [0.5, 0.6) is 0 Å². The average molecular weight is 297 g/mol. The molecule has 0 amide bonds. The lowest BCUT2D eigenvalue weighted by atomic mass is 10.0. The van der Waals surface area contributed by atoms with Crippen LogP contribution in [0.15, 0.2) is 0 Å². The van der Waals surface area contributed by atoms with Gasteiger partial charge in [0.05, 0.1) is 6.67 Å². The summed E-state index contributed by atoms with van der Waals surface area (Å²) in [6.45, 7) is 7.36. The van der Waals surface area contributed by atoms with Crippen LogP contribution in [0, 0.1) is 0 Å². The first kappa shape index (κ1) is 19.0. The summed E-state index contributed by atoms with van der Waals surface area (Å²) in [5.74, 6) is 0. The molecule has 0 spiro atoms. The lowest BCUT2D eigenvalue weighted by molar-refractivity contribution is 0.269. The molecule has 0 aromatic rings. The van der Waals surface area contributed by atoms with E-state index in [0.717, 1.165) is 0 Å². The quantitative estimate of drug-likeness (QED) is 0.402. The minimum absolute atomic E-state index is 1.19. The van der Waals surface area contributed by atoms with E-state index in [0.29, 0.717) is 0 Å². The Kier molecular flexibility index (Phi) is 12.3. The molecule has 0 saturated carbocycles. The molecule has 0 aliphatic carbocycles. The highest BCUT2D eigenvalue weighted by molar-refractivity contribution is 4.67. The second-order valence-electron chi connectivity index (χ2n) is 7.08. The fraction of sp³-hybridized carbons (Fsp3) is 1.00. The molecule has 0 aromatic heterocycles. The Morgan fingerprint density at radius 3 is 1.52 bits per heavy atom. The van der Waals surface area contributed by atoms with Crippen molar-refractivity contribution in [2.75, 3.05) is 33.4 Å². The molecular formula is C19H40N2. The predicted octanol–water partition coefficient (Wildman–Crippen LogP) is 5.28. The van der Waals surface area contributed by atoms with E-state index in [1.165, 1.54) is 110 Å². The molecule has 0 bridgehead atoms. The third kappa shape index (κ3) is 11.2. The van der Waals surface area contributed by atoms with Crippen LogP contribution in [0.1, 0.15) is 90.4 Å². The molecule has 1 saturated heterocycles. The van der Waals surface area contributed by atoms with Crippen molar-refractivity contribution in [2.24, 2.45) is 0 Å². The van der Waals surface area contributed by atoms with Gasteiger partial charge in [-0.1, -0.05) is 84.0 Å². The van der Waals surface area contributed by atoms with Gasteiger partial charge in [-0.25, -0.2) is 0 Å². The van der Waals surface area contributed by atoms with E-state index >= 15 is 0 Å². The zero-order valence-electron chi connectivity index (χ0n) is 14.9. The van der Waals surface area contributed by atoms with Crippen molar-refractivity contribution in [2.45, 2.75) is 90.4 Å². The Morgan fingerprint density at radius 1 is 0.619 bits per heavy atom. The van der Waals surface area contributed by atoms with Crippen molar-refractivity contribution in [3.8, 4) is 0 Å². The van der Waals surface area contributed by atoms with Crippen LogP contribution in [0.25, 0.3) is 0 Å². The summed E-state index contributed by atoms with van der Waals surface area (Å²) >= 11 is 0. The molecule has 0 aromatic carbocycles. The zero-order chi connectivity index (χ0) is 15.2. The second kappa shape index (κ2) is 13.6. The Balaban J connectivity index is 1.69. The number of rotatable bonds is 14. The molecule has 126 valence electrons. The van der Waals surface area contributed by atoms with Crippen LogP contribution < -0.4 is 0 Å². The normalized spacial score (nSPS) is 16.9. The van der Waals surface area contributed by atoms with Gasteiger partial charge in [-0.2, -0.15) is 0 Å². The molecule has 0 N–H and O–H groups in total. The van der Waals surface area contributed by atoms with Gasteiger partial charge in [-0.05, 0) is 20.0 Å². The van der Waals surface area contributed by atoms with Crippen molar-refractivity contribution < 1.29 is 0 Å². The maximum atomic E-state index is 2.60. The average Bonchev–Trinajstić information content (AvgIpc) is 2.89. The van der Waals surface area contributed by atoms with Gasteiger partial charge in [0.1, 0.15) is 0 Å². The van der Waals surface area contributed by atoms with Crippen molar-refractivity contribution in [1.29, 1.82) is 0 Å². The summed E-state index contributed by atoms with van der Waals surface area (Å²) in [6, 6.07) is 0. The molecule has 0 radical (unpaired) electrons. The molecule has 0 unspecified atom stereocenters. The van der Waals surface area contributed by atoms with Crippen LogP contribution in [-0.2, 0) is 0 Å². The van der Waals surface area contributed by atoms with E-state index in [4.69, 9.17) is 0 Å².